The van der Waals surface area contributed by atoms with E-state index in [4.69, 9.17) is 12.2 Å². The van der Waals surface area contributed by atoms with Crippen molar-refractivity contribution in [1.82, 2.24) is 9.80 Å². The number of amides is 1. The van der Waals surface area contributed by atoms with E-state index in [9.17, 15) is 20.1 Å². The highest BCUT2D eigenvalue weighted by atomic mass is 32.1. The predicted molar refractivity (Wildman–Crippen MR) is 67.2 cm³/mol. The summed E-state index contributed by atoms with van der Waals surface area (Å²) >= 11 is 5.13. The highest BCUT2D eigenvalue weighted by molar-refractivity contribution is 7.80. The quantitative estimate of drug-likeness (QED) is 0.581. The molecule has 2 rings (SSSR count). The van der Waals surface area contributed by atoms with E-state index in [1.807, 2.05) is 6.92 Å². The van der Waals surface area contributed by atoms with Crippen LogP contribution in [-0.4, -0.2) is 61.1 Å². The van der Waals surface area contributed by atoms with E-state index in [1.54, 1.807) is 0 Å². The fraction of sp³-hybridized carbons (Fsp3) is 0.636. The molecular formula is C11H16N2O4S. The van der Waals surface area contributed by atoms with E-state index >= 15 is 0 Å². The first-order valence-electron chi connectivity index (χ1n) is 5.90. The molecule has 0 radical (unpaired) electrons. The Kier molecular flexibility index (Phi) is 3.67. The van der Waals surface area contributed by atoms with Crippen LogP contribution in [0.15, 0.2) is 11.8 Å². The summed E-state index contributed by atoms with van der Waals surface area (Å²) in [5, 5.41) is 29.2. The Morgan fingerprint density at radius 2 is 2.06 bits per heavy atom. The molecule has 0 bridgehead atoms. The smallest absolute Gasteiger partial charge is 0.276 e. The zero-order chi connectivity index (χ0) is 13.4. The van der Waals surface area contributed by atoms with E-state index < -0.39 is 18.4 Å². The summed E-state index contributed by atoms with van der Waals surface area (Å²) in [6.45, 7) is 2.47. The van der Waals surface area contributed by atoms with Gasteiger partial charge in [0.2, 0.25) is 0 Å². The van der Waals surface area contributed by atoms with Crippen LogP contribution in [0.25, 0.3) is 0 Å². The molecule has 1 unspecified atom stereocenters. The van der Waals surface area contributed by atoms with Gasteiger partial charge in [-0.15, -0.1) is 0 Å². The van der Waals surface area contributed by atoms with Crippen molar-refractivity contribution in [3.8, 4) is 0 Å². The maximum atomic E-state index is 12.1. The third-order valence-electron chi connectivity index (χ3n) is 3.14. The van der Waals surface area contributed by atoms with Crippen LogP contribution in [0.2, 0.25) is 0 Å². The lowest BCUT2D eigenvalue weighted by Gasteiger charge is -2.34. The van der Waals surface area contributed by atoms with E-state index in [-0.39, 0.29) is 16.7 Å². The third-order valence-corrected chi connectivity index (χ3v) is 3.56. The van der Waals surface area contributed by atoms with Gasteiger partial charge >= 0.3 is 0 Å². The normalized spacial score (nSPS) is 31.8. The average molecular weight is 272 g/mol. The minimum Gasteiger partial charge on any atom is -0.386 e. The lowest BCUT2D eigenvalue weighted by Crippen LogP contribution is -2.52. The molecule has 2 heterocycles. The van der Waals surface area contributed by atoms with Crippen molar-refractivity contribution < 1.29 is 20.1 Å². The van der Waals surface area contributed by atoms with Crippen LogP contribution in [0, 0.1) is 0 Å². The molecule has 7 heteroatoms. The van der Waals surface area contributed by atoms with Crippen LogP contribution in [0.1, 0.15) is 19.8 Å². The molecule has 2 aliphatic rings. The summed E-state index contributed by atoms with van der Waals surface area (Å²) < 4.78 is 0. The van der Waals surface area contributed by atoms with Gasteiger partial charge in [-0.2, -0.15) is 0 Å². The second kappa shape index (κ2) is 4.93. The van der Waals surface area contributed by atoms with Crippen LogP contribution in [0.5, 0.6) is 0 Å². The summed E-state index contributed by atoms with van der Waals surface area (Å²) in [6.07, 6.45) is -1.07. The summed E-state index contributed by atoms with van der Waals surface area (Å²) in [5.74, 6) is -0.335. The number of rotatable bonds is 3. The lowest BCUT2D eigenvalue weighted by molar-refractivity contribution is -0.125. The lowest BCUT2D eigenvalue weighted by atomic mass is 10.1. The molecule has 2 aliphatic heterocycles. The molecule has 1 saturated heterocycles. The summed E-state index contributed by atoms with van der Waals surface area (Å²) in [4.78, 5) is 14.7. The number of aliphatic hydroxyl groups is 3. The minimum atomic E-state index is -1.39. The van der Waals surface area contributed by atoms with Crippen molar-refractivity contribution in [2.75, 3.05) is 6.54 Å². The Morgan fingerprint density at radius 1 is 1.39 bits per heavy atom. The molecule has 0 aromatic carbocycles. The summed E-state index contributed by atoms with van der Waals surface area (Å²) in [7, 11) is 0. The first-order chi connectivity index (χ1) is 8.49. The number of hydrogen-bond acceptors (Lipinski definition) is 5. The van der Waals surface area contributed by atoms with Gasteiger partial charge in [0.25, 0.3) is 5.91 Å². The van der Waals surface area contributed by atoms with Crippen molar-refractivity contribution >= 4 is 23.2 Å². The molecule has 100 valence electrons. The maximum Gasteiger partial charge on any atom is 0.276 e. The number of hydrogen-bond donors (Lipinski definition) is 3. The highest BCUT2D eigenvalue weighted by Gasteiger charge is 2.47. The Hall–Kier alpha value is -1.02. The summed E-state index contributed by atoms with van der Waals surface area (Å²) in [5.41, 5.74) is 0.140. The van der Waals surface area contributed by atoms with Gasteiger partial charge in [-0.05, 0) is 24.7 Å². The van der Waals surface area contributed by atoms with Gasteiger partial charge in [-0.25, -0.2) is 0 Å². The number of fused-ring (bicyclic) bond motifs is 1. The van der Waals surface area contributed by atoms with Gasteiger partial charge in [0.1, 0.15) is 17.9 Å². The van der Waals surface area contributed by atoms with Crippen molar-refractivity contribution in [3.63, 3.8) is 0 Å². The molecular weight excluding hydrogens is 256 g/mol. The molecule has 0 aromatic heterocycles. The monoisotopic (exact) mass is 272 g/mol. The number of unbranched alkanes of at least 4 members (excludes halogenated alkanes) is 1. The molecule has 3 N–H and O–H groups in total. The van der Waals surface area contributed by atoms with Crippen LogP contribution in [0.3, 0.4) is 0 Å². The van der Waals surface area contributed by atoms with E-state index in [2.05, 4.69) is 0 Å². The Labute approximate surface area is 110 Å². The van der Waals surface area contributed by atoms with Crippen molar-refractivity contribution in [1.29, 1.82) is 0 Å². The number of thiocarbonyl (C=S) groups is 1. The predicted octanol–water partition coefficient (Wildman–Crippen LogP) is -0.847. The Bertz CT molecular complexity index is 412. The Balaban J connectivity index is 2.29. The number of carbonyl (C=O) groups excluding carboxylic acids is 1. The van der Waals surface area contributed by atoms with Gasteiger partial charge in [-0.3, -0.25) is 14.6 Å². The van der Waals surface area contributed by atoms with Gasteiger partial charge in [0.15, 0.2) is 11.3 Å². The van der Waals surface area contributed by atoms with E-state index in [0.29, 0.717) is 6.54 Å². The van der Waals surface area contributed by atoms with Crippen molar-refractivity contribution in [3.05, 3.63) is 11.8 Å². The van der Waals surface area contributed by atoms with Crippen LogP contribution < -0.4 is 0 Å². The average Bonchev–Trinajstić information content (AvgIpc) is 2.57. The molecule has 0 saturated carbocycles. The Morgan fingerprint density at radius 3 is 2.67 bits per heavy atom. The highest BCUT2D eigenvalue weighted by Crippen LogP contribution is 2.29. The topological polar surface area (TPSA) is 84.2 Å². The zero-order valence-electron chi connectivity index (χ0n) is 9.98. The minimum absolute atomic E-state index is 0.140. The second-order valence-electron chi connectivity index (χ2n) is 4.41. The number of carbonyl (C=O) groups is 1. The molecule has 6 nitrogen and oxygen atoms in total. The molecule has 0 spiro atoms. The van der Waals surface area contributed by atoms with Crippen LogP contribution in [-0.2, 0) is 4.79 Å². The van der Waals surface area contributed by atoms with Gasteiger partial charge < -0.3 is 15.3 Å². The third kappa shape index (κ3) is 1.93. The maximum absolute atomic E-state index is 12.1. The molecule has 18 heavy (non-hydrogen) atoms. The molecule has 3 atom stereocenters. The second-order valence-corrected chi connectivity index (χ2v) is 4.77. The number of aliphatic hydroxyl groups excluding tert-OH is 3. The fourth-order valence-electron chi connectivity index (χ4n) is 2.07. The SMILES string of the molecule is CCCCN1C(=O)C2=C[C@H](O)[C@@H](O)C(O)N2C1=S. The van der Waals surface area contributed by atoms with Gasteiger partial charge in [-0.1, -0.05) is 13.3 Å². The van der Waals surface area contributed by atoms with E-state index in [1.165, 1.54) is 15.9 Å². The van der Waals surface area contributed by atoms with Crippen molar-refractivity contribution in [2.45, 2.75) is 38.2 Å². The van der Waals surface area contributed by atoms with Crippen molar-refractivity contribution in [2.24, 2.45) is 0 Å². The van der Waals surface area contributed by atoms with Gasteiger partial charge in [0, 0.05) is 6.54 Å². The first kappa shape index (κ1) is 13.4. The fourth-order valence-corrected chi connectivity index (χ4v) is 2.45. The van der Waals surface area contributed by atoms with Crippen LogP contribution >= 0.6 is 12.2 Å². The van der Waals surface area contributed by atoms with E-state index in [0.717, 1.165) is 12.8 Å². The summed E-state index contributed by atoms with van der Waals surface area (Å²) in [6, 6.07) is 0. The molecule has 1 fully saturated rings. The first-order valence-corrected chi connectivity index (χ1v) is 6.31. The largest absolute Gasteiger partial charge is 0.386 e. The molecule has 0 aromatic rings. The zero-order valence-corrected chi connectivity index (χ0v) is 10.8. The number of nitrogens with zero attached hydrogens (tertiary/aromatic N) is 2. The van der Waals surface area contributed by atoms with Crippen LogP contribution in [0.4, 0.5) is 0 Å². The molecule has 0 aliphatic carbocycles. The van der Waals surface area contributed by atoms with Gasteiger partial charge in [0.05, 0.1) is 0 Å². The standard InChI is InChI=1S/C11H16N2O4S/c1-2-3-4-12-9(16)6-5-7(14)8(15)10(17)13(6)11(12)18/h5,7-8,10,14-15,17H,2-4H2,1H3/t7-,8+,10?/m0/s1. The molecule has 1 amide bonds.